The normalized spacial score (nSPS) is 17.1. The second kappa shape index (κ2) is 8.48. The number of nitrogens with zero attached hydrogens (tertiary/aromatic N) is 1. The summed E-state index contributed by atoms with van der Waals surface area (Å²) in [5.41, 5.74) is 1.57. The molecule has 0 N–H and O–H groups in total. The van der Waals surface area contributed by atoms with Crippen molar-refractivity contribution < 1.29 is 23.5 Å². The predicted molar refractivity (Wildman–Crippen MR) is 127 cm³/mol. The van der Waals surface area contributed by atoms with Crippen LogP contribution in [0.25, 0.3) is 17.0 Å². The van der Waals surface area contributed by atoms with Crippen LogP contribution < -0.4 is 14.9 Å². The molecule has 174 valence electrons. The van der Waals surface area contributed by atoms with Gasteiger partial charge in [-0.25, -0.2) is 0 Å². The van der Waals surface area contributed by atoms with Crippen molar-refractivity contribution in [3.05, 3.63) is 75.7 Å². The number of benzene rings is 2. The molecule has 2 aliphatic heterocycles. The van der Waals surface area contributed by atoms with Crippen LogP contribution in [0.15, 0.2) is 57.9 Å². The molecule has 7 heteroatoms. The highest BCUT2D eigenvalue weighted by Crippen LogP contribution is 2.40. The van der Waals surface area contributed by atoms with E-state index in [1.807, 2.05) is 13.0 Å². The maximum Gasteiger partial charge on any atom is 0.246 e. The highest BCUT2D eigenvalue weighted by atomic mass is 16.5. The van der Waals surface area contributed by atoms with E-state index in [9.17, 15) is 14.4 Å². The van der Waals surface area contributed by atoms with Crippen LogP contribution in [-0.4, -0.2) is 42.4 Å². The molecule has 0 aliphatic carbocycles. The van der Waals surface area contributed by atoms with Crippen molar-refractivity contribution in [3.8, 4) is 11.5 Å². The number of ketones is 1. The third-order valence-corrected chi connectivity index (χ3v) is 6.64. The fraction of sp³-hybridized carbons (Fsp3) is 0.296. The Morgan fingerprint density at radius 1 is 1.12 bits per heavy atom. The lowest BCUT2D eigenvalue weighted by atomic mass is 9.82. The number of piperidine rings is 1. The van der Waals surface area contributed by atoms with Crippen LogP contribution in [0.2, 0.25) is 0 Å². The molecule has 1 amide bonds. The number of carbonyl (C=O) groups excluding carboxylic acids is 2. The van der Waals surface area contributed by atoms with E-state index in [0.29, 0.717) is 59.5 Å². The number of carbonyl (C=O) groups is 2. The molecular formula is C27H25NO6. The minimum absolute atomic E-state index is 0.0260. The molecule has 1 saturated heterocycles. The first-order chi connectivity index (χ1) is 16.4. The molecule has 1 fully saturated rings. The highest BCUT2D eigenvalue weighted by Gasteiger charge is 2.43. The molecule has 3 aromatic rings. The van der Waals surface area contributed by atoms with Gasteiger partial charge in [-0.05, 0) is 43.3 Å². The summed E-state index contributed by atoms with van der Waals surface area (Å²) in [4.78, 5) is 40.0. The van der Waals surface area contributed by atoms with E-state index >= 15 is 0 Å². The van der Waals surface area contributed by atoms with Crippen LogP contribution in [0.4, 0.5) is 0 Å². The number of methoxy groups -OCH3 is 1. The number of fused-ring (bicyclic) bond motifs is 2. The smallest absolute Gasteiger partial charge is 0.246 e. The molecular weight excluding hydrogens is 434 g/mol. The number of ether oxygens (including phenoxy) is 2. The summed E-state index contributed by atoms with van der Waals surface area (Å²) in [5, 5.41) is 0.492. The Balaban J connectivity index is 1.27. The van der Waals surface area contributed by atoms with E-state index in [0.717, 1.165) is 5.56 Å². The van der Waals surface area contributed by atoms with Gasteiger partial charge in [-0.2, -0.15) is 0 Å². The van der Waals surface area contributed by atoms with Crippen molar-refractivity contribution in [1.29, 1.82) is 0 Å². The fourth-order valence-corrected chi connectivity index (χ4v) is 4.66. The van der Waals surface area contributed by atoms with Gasteiger partial charge in [0, 0.05) is 32.0 Å². The van der Waals surface area contributed by atoms with Gasteiger partial charge in [-0.15, -0.1) is 0 Å². The van der Waals surface area contributed by atoms with E-state index < -0.39 is 5.60 Å². The Labute approximate surface area is 196 Å². The standard InChI is InChI=1S/C27H25NO6/c1-17-3-6-23-21(13-17)26(31)18(16-33-23)4-8-25(30)28-11-9-27(10-12-28)15-22(29)20-14-19(32-2)5-7-24(20)34-27/h3-8,13-14,16H,9-12,15H2,1-2H3/b8-4+. The van der Waals surface area contributed by atoms with Crippen LogP contribution >= 0.6 is 0 Å². The van der Waals surface area contributed by atoms with Crippen molar-refractivity contribution in [2.24, 2.45) is 0 Å². The fourth-order valence-electron chi connectivity index (χ4n) is 4.66. The monoisotopic (exact) mass is 459 g/mol. The zero-order chi connectivity index (χ0) is 23.9. The quantitative estimate of drug-likeness (QED) is 0.547. The maximum absolute atomic E-state index is 12.8. The van der Waals surface area contributed by atoms with Gasteiger partial charge in [0.05, 0.1) is 30.0 Å². The topological polar surface area (TPSA) is 86.0 Å². The van der Waals surface area contributed by atoms with Gasteiger partial charge in [-0.3, -0.25) is 14.4 Å². The summed E-state index contributed by atoms with van der Waals surface area (Å²) in [5.74, 6) is 1.02. The summed E-state index contributed by atoms with van der Waals surface area (Å²) in [6.07, 6.45) is 5.68. The summed E-state index contributed by atoms with van der Waals surface area (Å²) in [6.45, 7) is 2.84. The first-order valence-corrected chi connectivity index (χ1v) is 11.3. The van der Waals surface area contributed by atoms with Crippen LogP contribution in [0.1, 0.15) is 40.7 Å². The van der Waals surface area contributed by atoms with Gasteiger partial charge in [-0.1, -0.05) is 11.6 Å². The second-order valence-corrected chi connectivity index (χ2v) is 8.93. The summed E-state index contributed by atoms with van der Waals surface area (Å²) >= 11 is 0. The molecule has 0 radical (unpaired) electrons. The second-order valence-electron chi connectivity index (χ2n) is 8.93. The van der Waals surface area contributed by atoms with Crippen molar-refractivity contribution in [2.75, 3.05) is 20.2 Å². The average molecular weight is 459 g/mol. The zero-order valence-electron chi connectivity index (χ0n) is 19.1. The third kappa shape index (κ3) is 3.98. The van der Waals surface area contributed by atoms with Crippen LogP contribution in [0.5, 0.6) is 11.5 Å². The Bertz CT molecular complexity index is 1380. The Kier molecular flexibility index (Phi) is 5.48. The number of hydrogen-bond donors (Lipinski definition) is 0. The lowest BCUT2D eigenvalue weighted by Crippen LogP contribution is -2.52. The summed E-state index contributed by atoms with van der Waals surface area (Å²) < 4.78 is 17.0. The molecule has 1 spiro atoms. The molecule has 34 heavy (non-hydrogen) atoms. The summed E-state index contributed by atoms with van der Waals surface area (Å²) in [6, 6.07) is 10.7. The lowest BCUT2D eigenvalue weighted by Gasteiger charge is -2.43. The largest absolute Gasteiger partial charge is 0.497 e. The highest BCUT2D eigenvalue weighted by molar-refractivity contribution is 6.01. The number of likely N-dealkylation sites (tertiary alicyclic amines) is 1. The Morgan fingerprint density at radius 3 is 2.68 bits per heavy atom. The SMILES string of the molecule is COc1ccc2c(c1)C(=O)CC1(CCN(C(=O)/C=C/c3coc4ccc(C)cc4c3=O)CC1)O2. The first kappa shape index (κ1) is 21.9. The van der Waals surface area contributed by atoms with Crippen LogP contribution in [0.3, 0.4) is 0 Å². The van der Waals surface area contributed by atoms with Crippen molar-refractivity contribution >= 4 is 28.7 Å². The van der Waals surface area contributed by atoms with Crippen LogP contribution in [-0.2, 0) is 4.79 Å². The number of hydrogen-bond acceptors (Lipinski definition) is 6. The molecule has 2 aromatic carbocycles. The van der Waals surface area contributed by atoms with Gasteiger partial charge in [0.15, 0.2) is 11.2 Å². The third-order valence-electron chi connectivity index (χ3n) is 6.64. The molecule has 5 rings (SSSR count). The lowest BCUT2D eigenvalue weighted by molar-refractivity contribution is -0.129. The van der Waals surface area contributed by atoms with E-state index in [-0.39, 0.29) is 23.5 Å². The molecule has 1 aromatic heterocycles. The number of amides is 1. The van der Waals surface area contributed by atoms with E-state index in [2.05, 4.69) is 0 Å². The predicted octanol–water partition coefficient (Wildman–Crippen LogP) is 4.15. The zero-order valence-corrected chi connectivity index (χ0v) is 19.1. The molecule has 7 nitrogen and oxygen atoms in total. The van der Waals surface area contributed by atoms with Gasteiger partial charge in [0.2, 0.25) is 5.91 Å². The van der Waals surface area contributed by atoms with E-state index in [1.54, 1.807) is 42.3 Å². The minimum atomic E-state index is -0.601. The summed E-state index contributed by atoms with van der Waals surface area (Å²) in [7, 11) is 1.56. The van der Waals surface area contributed by atoms with E-state index in [4.69, 9.17) is 13.9 Å². The van der Waals surface area contributed by atoms with Gasteiger partial charge < -0.3 is 18.8 Å². The Hall–Kier alpha value is -3.87. The molecule has 0 bridgehead atoms. The average Bonchev–Trinajstić information content (AvgIpc) is 2.84. The molecule has 0 saturated carbocycles. The van der Waals surface area contributed by atoms with Gasteiger partial charge in [0.25, 0.3) is 0 Å². The van der Waals surface area contributed by atoms with E-state index in [1.165, 1.54) is 18.4 Å². The molecule has 0 unspecified atom stereocenters. The number of rotatable bonds is 3. The molecule has 3 heterocycles. The van der Waals surface area contributed by atoms with Crippen molar-refractivity contribution in [2.45, 2.75) is 31.8 Å². The van der Waals surface area contributed by atoms with Gasteiger partial charge in [0.1, 0.15) is 28.9 Å². The molecule has 0 atom stereocenters. The molecule has 2 aliphatic rings. The first-order valence-electron chi connectivity index (χ1n) is 11.3. The minimum Gasteiger partial charge on any atom is -0.497 e. The number of aryl methyl sites for hydroxylation is 1. The van der Waals surface area contributed by atoms with Gasteiger partial charge >= 0.3 is 0 Å². The maximum atomic E-state index is 12.8. The number of Topliss-reactive ketones (excluding diaryl/α,β-unsaturated/α-hetero) is 1. The van der Waals surface area contributed by atoms with Crippen molar-refractivity contribution in [1.82, 2.24) is 4.90 Å². The van der Waals surface area contributed by atoms with Crippen molar-refractivity contribution in [3.63, 3.8) is 0 Å². The van der Waals surface area contributed by atoms with Crippen LogP contribution in [0, 0.1) is 6.92 Å². The Morgan fingerprint density at radius 2 is 1.91 bits per heavy atom.